The Labute approximate surface area is 157 Å². The standard InChI is InChI=1S/C19H24N2O6/c1-2-25-19(24)6-3-5-17(22)20-9-4-10-21(20)18(23)12-14-7-8-15-16(11-14)27-13-26-15/h7-8,11H,2-6,9-10,12-13H2,1H3. The first-order valence-electron chi connectivity index (χ1n) is 9.23. The number of amides is 2. The van der Waals surface area contributed by atoms with Crippen molar-refractivity contribution in [3.8, 4) is 11.5 Å². The third-order valence-corrected chi connectivity index (χ3v) is 4.48. The van der Waals surface area contributed by atoms with E-state index in [0.717, 1.165) is 12.0 Å². The van der Waals surface area contributed by atoms with Crippen molar-refractivity contribution < 1.29 is 28.6 Å². The zero-order valence-corrected chi connectivity index (χ0v) is 15.4. The maximum Gasteiger partial charge on any atom is 0.305 e. The van der Waals surface area contributed by atoms with Crippen LogP contribution in [0.2, 0.25) is 0 Å². The molecule has 0 radical (unpaired) electrons. The van der Waals surface area contributed by atoms with E-state index in [-0.39, 0.29) is 43.8 Å². The van der Waals surface area contributed by atoms with Crippen LogP contribution in [0.1, 0.15) is 38.2 Å². The molecule has 0 unspecified atom stereocenters. The molecule has 1 aromatic rings. The van der Waals surface area contributed by atoms with Crippen molar-refractivity contribution in [1.29, 1.82) is 0 Å². The van der Waals surface area contributed by atoms with Gasteiger partial charge < -0.3 is 14.2 Å². The molecule has 3 rings (SSSR count). The van der Waals surface area contributed by atoms with E-state index in [1.165, 1.54) is 10.0 Å². The fourth-order valence-electron chi connectivity index (χ4n) is 3.19. The average Bonchev–Trinajstić information content (AvgIpc) is 3.30. The predicted octanol–water partition coefficient (Wildman–Crippen LogP) is 1.67. The number of hydrogen-bond acceptors (Lipinski definition) is 6. The van der Waals surface area contributed by atoms with Crippen molar-refractivity contribution >= 4 is 17.8 Å². The summed E-state index contributed by atoms with van der Waals surface area (Å²) in [6.45, 7) is 3.31. The van der Waals surface area contributed by atoms with Gasteiger partial charge in [0.15, 0.2) is 11.5 Å². The molecule has 0 aromatic heterocycles. The summed E-state index contributed by atoms with van der Waals surface area (Å²) in [6, 6.07) is 5.40. The van der Waals surface area contributed by atoms with Crippen molar-refractivity contribution in [2.45, 2.75) is 39.0 Å². The summed E-state index contributed by atoms with van der Waals surface area (Å²) in [4.78, 5) is 36.5. The van der Waals surface area contributed by atoms with Gasteiger partial charge in [0.2, 0.25) is 18.6 Å². The Morgan fingerprint density at radius 3 is 2.56 bits per heavy atom. The average molecular weight is 376 g/mol. The fraction of sp³-hybridized carbons (Fsp3) is 0.526. The quantitative estimate of drug-likeness (QED) is 0.673. The number of rotatable bonds is 7. The van der Waals surface area contributed by atoms with Gasteiger partial charge in [-0.15, -0.1) is 0 Å². The second-order valence-corrected chi connectivity index (χ2v) is 6.41. The lowest BCUT2D eigenvalue weighted by Gasteiger charge is -2.28. The van der Waals surface area contributed by atoms with Crippen LogP contribution in [0.15, 0.2) is 18.2 Å². The number of fused-ring (bicyclic) bond motifs is 1. The van der Waals surface area contributed by atoms with Crippen LogP contribution in [-0.4, -0.2) is 54.3 Å². The molecule has 2 amide bonds. The molecule has 1 aromatic carbocycles. The van der Waals surface area contributed by atoms with Crippen LogP contribution >= 0.6 is 0 Å². The summed E-state index contributed by atoms with van der Waals surface area (Å²) in [6.07, 6.45) is 1.77. The van der Waals surface area contributed by atoms with Crippen molar-refractivity contribution in [2.75, 3.05) is 26.5 Å². The van der Waals surface area contributed by atoms with Crippen LogP contribution in [0.4, 0.5) is 0 Å². The van der Waals surface area contributed by atoms with Crippen molar-refractivity contribution in [1.82, 2.24) is 10.0 Å². The SMILES string of the molecule is CCOC(=O)CCCC(=O)N1CCCN1C(=O)Cc1ccc2c(c1)OCO2. The van der Waals surface area contributed by atoms with Crippen LogP contribution in [0.25, 0.3) is 0 Å². The Morgan fingerprint density at radius 1 is 1.04 bits per heavy atom. The van der Waals surface area contributed by atoms with Crippen LogP contribution in [0, 0.1) is 0 Å². The molecule has 0 aliphatic carbocycles. The molecule has 2 aliphatic heterocycles. The summed E-state index contributed by atoms with van der Waals surface area (Å²) >= 11 is 0. The third-order valence-electron chi connectivity index (χ3n) is 4.48. The van der Waals surface area contributed by atoms with Crippen LogP contribution in [0.5, 0.6) is 11.5 Å². The van der Waals surface area contributed by atoms with E-state index in [4.69, 9.17) is 14.2 Å². The molecule has 2 aliphatic rings. The van der Waals surface area contributed by atoms with Gasteiger partial charge in [-0.25, -0.2) is 0 Å². The predicted molar refractivity (Wildman–Crippen MR) is 94.8 cm³/mol. The normalized spacial score (nSPS) is 15.1. The molecule has 0 spiro atoms. The maximum atomic E-state index is 12.7. The highest BCUT2D eigenvalue weighted by Crippen LogP contribution is 2.32. The molecular weight excluding hydrogens is 352 g/mol. The topological polar surface area (TPSA) is 85.4 Å². The Hall–Kier alpha value is -2.77. The molecule has 146 valence electrons. The van der Waals surface area contributed by atoms with Gasteiger partial charge in [0, 0.05) is 25.9 Å². The molecule has 0 atom stereocenters. The van der Waals surface area contributed by atoms with Gasteiger partial charge in [0.05, 0.1) is 13.0 Å². The van der Waals surface area contributed by atoms with Crippen LogP contribution < -0.4 is 9.47 Å². The molecule has 0 bridgehead atoms. The van der Waals surface area contributed by atoms with Crippen molar-refractivity contribution in [3.05, 3.63) is 23.8 Å². The van der Waals surface area contributed by atoms with Gasteiger partial charge >= 0.3 is 5.97 Å². The van der Waals surface area contributed by atoms with E-state index >= 15 is 0 Å². The third kappa shape index (κ3) is 4.69. The maximum absolute atomic E-state index is 12.7. The molecule has 8 heteroatoms. The minimum atomic E-state index is -0.303. The molecule has 1 fully saturated rings. The lowest BCUT2D eigenvalue weighted by atomic mass is 10.1. The number of ether oxygens (including phenoxy) is 3. The second-order valence-electron chi connectivity index (χ2n) is 6.41. The van der Waals surface area contributed by atoms with Gasteiger partial charge in [-0.1, -0.05) is 6.07 Å². The van der Waals surface area contributed by atoms with E-state index in [1.54, 1.807) is 19.1 Å². The molecular formula is C19H24N2O6. The van der Waals surface area contributed by atoms with Crippen molar-refractivity contribution in [3.63, 3.8) is 0 Å². The van der Waals surface area contributed by atoms with Gasteiger partial charge in [-0.2, -0.15) is 0 Å². The highest BCUT2D eigenvalue weighted by Gasteiger charge is 2.30. The number of carbonyl (C=O) groups is 3. The van der Waals surface area contributed by atoms with Crippen molar-refractivity contribution in [2.24, 2.45) is 0 Å². The molecule has 27 heavy (non-hydrogen) atoms. The van der Waals surface area contributed by atoms with E-state index in [2.05, 4.69) is 0 Å². The molecule has 0 N–H and O–H groups in total. The van der Waals surface area contributed by atoms with Crippen LogP contribution in [-0.2, 0) is 25.5 Å². The lowest BCUT2D eigenvalue weighted by molar-refractivity contribution is -0.157. The zero-order chi connectivity index (χ0) is 19.2. The van der Waals surface area contributed by atoms with E-state index in [0.29, 0.717) is 37.6 Å². The number of benzene rings is 1. The smallest absolute Gasteiger partial charge is 0.305 e. The first-order valence-corrected chi connectivity index (χ1v) is 9.23. The van der Waals surface area contributed by atoms with Gasteiger partial charge in [0.1, 0.15) is 0 Å². The van der Waals surface area contributed by atoms with Gasteiger partial charge in [0.25, 0.3) is 0 Å². The number of nitrogens with zero attached hydrogens (tertiary/aromatic N) is 2. The Kier molecular flexibility index (Phi) is 6.16. The summed E-state index contributed by atoms with van der Waals surface area (Å²) in [5, 5.41) is 3.01. The molecule has 2 heterocycles. The Bertz CT molecular complexity index is 720. The second kappa shape index (κ2) is 8.75. The largest absolute Gasteiger partial charge is 0.466 e. The molecule has 1 saturated heterocycles. The monoisotopic (exact) mass is 376 g/mol. The van der Waals surface area contributed by atoms with E-state index < -0.39 is 0 Å². The number of hydrogen-bond donors (Lipinski definition) is 0. The first-order chi connectivity index (χ1) is 13.1. The summed E-state index contributed by atoms with van der Waals surface area (Å²) in [7, 11) is 0. The minimum Gasteiger partial charge on any atom is -0.466 e. The molecule has 0 saturated carbocycles. The summed E-state index contributed by atoms with van der Waals surface area (Å²) in [5.41, 5.74) is 0.811. The Balaban J connectivity index is 1.53. The molecule has 8 nitrogen and oxygen atoms in total. The minimum absolute atomic E-state index is 0.134. The number of carbonyl (C=O) groups excluding carboxylic acids is 3. The number of esters is 1. The number of hydrazine groups is 1. The van der Waals surface area contributed by atoms with Gasteiger partial charge in [-0.05, 0) is 37.5 Å². The van der Waals surface area contributed by atoms with Crippen LogP contribution in [0.3, 0.4) is 0 Å². The Morgan fingerprint density at radius 2 is 1.78 bits per heavy atom. The lowest BCUT2D eigenvalue weighted by Crippen LogP contribution is -2.45. The summed E-state index contributed by atoms with van der Waals surface area (Å²) < 4.78 is 15.5. The fourth-order valence-corrected chi connectivity index (χ4v) is 3.19. The van der Waals surface area contributed by atoms with Gasteiger partial charge in [-0.3, -0.25) is 24.4 Å². The first kappa shape index (κ1) is 19.0. The zero-order valence-electron chi connectivity index (χ0n) is 15.4. The summed E-state index contributed by atoms with van der Waals surface area (Å²) in [5.74, 6) is 0.725. The highest BCUT2D eigenvalue weighted by atomic mass is 16.7. The van der Waals surface area contributed by atoms with E-state index in [9.17, 15) is 14.4 Å². The highest BCUT2D eigenvalue weighted by molar-refractivity contribution is 5.84. The van der Waals surface area contributed by atoms with E-state index in [1.807, 2.05) is 6.07 Å².